The number of carbonyl (C=O) groups is 1. The van der Waals surface area contributed by atoms with E-state index in [-0.39, 0.29) is 12.4 Å². The summed E-state index contributed by atoms with van der Waals surface area (Å²) in [5, 5.41) is 9.99. The third-order valence-electron chi connectivity index (χ3n) is 2.73. The minimum atomic E-state index is -0.750. The zero-order valence-electron chi connectivity index (χ0n) is 10.2. The normalized spacial score (nSPS) is 14.1. The Labute approximate surface area is 101 Å². The second-order valence-electron chi connectivity index (χ2n) is 4.13. The van der Waals surface area contributed by atoms with Crippen molar-refractivity contribution < 1.29 is 14.6 Å². The topological polar surface area (TPSA) is 72.5 Å². The van der Waals surface area contributed by atoms with Gasteiger partial charge in [0, 0.05) is 12.5 Å². The van der Waals surface area contributed by atoms with Crippen molar-refractivity contribution in [2.75, 3.05) is 7.11 Å². The SMILES string of the molecule is COC(=O)CCC(N)C(O)c1ccc(C)cc1. The lowest BCUT2D eigenvalue weighted by molar-refractivity contribution is -0.140. The second kappa shape index (κ2) is 6.37. The lowest BCUT2D eigenvalue weighted by Crippen LogP contribution is -2.29. The Hall–Kier alpha value is -1.39. The highest BCUT2D eigenvalue weighted by atomic mass is 16.5. The van der Waals surface area contributed by atoms with Crippen molar-refractivity contribution >= 4 is 5.97 Å². The van der Waals surface area contributed by atoms with Crippen LogP contribution in [0.1, 0.15) is 30.1 Å². The Morgan fingerprint density at radius 2 is 2.00 bits per heavy atom. The summed E-state index contributed by atoms with van der Waals surface area (Å²) in [6, 6.07) is 7.07. The number of methoxy groups -OCH3 is 1. The molecule has 0 saturated carbocycles. The standard InChI is InChI=1S/C13H19NO3/c1-9-3-5-10(6-4-9)13(16)11(14)7-8-12(15)17-2/h3-6,11,13,16H,7-8,14H2,1-2H3. The van der Waals surface area contributed by atoms with Crippen LogP contribution in [0.5, 0.6) is 0 Å². The molecule has 0 heterocycles. The largest absolute Gasteiger partial charge is 0.469 e. The van der Waals surface area contributed by atoms with Crippen LogP contribution >= 0.6 is 0 Å². The van der Waals surface area contributed by atoms with Crippen LogP contribution in [0.4, 0.5) is 0 Å². The molecule has 0 fully saturated rings. The molecule has 0 aliphatic heterocycles. The van der Waals surface area contributed by atoms with Crippen molar-refractivity contribution in [3.05, 3.63) is 35.4 Å². The molecule has 4 nitrogen and oxygen atoms in total. The molecule has 0 bridgehead atoms. The van der Waals surface area contributed by atoms with Crippen LogP contribution in [0.15, 0.2) is 24.3 Å². The van der Waals surface area contributed by atoms with Crippen molar-refractivity contribution in [3.8, 4) is 0 Å². The van der Waals surface area contributed by atoms with Crippen LogP contribution < -0.4 is 5.73 Å². The average Bonchev–Trinajstić information content (AvgIpc) is 2.35. The Bertz CT molecular complexity index is 361. The van der Waals surface area contributed by atoms with Gasteiger partial charge >= 0.3 is 5.97 Å². The van der Waals surface area contributed by atoms with Crippen molar-refractivity contribution in [1.29, 1.82) is 0 Å². The minimum Gasteiger partial charge on any atom is -0.469 e. The fraction of sp³-hybridized carbons (Fsp3) is 0.462. The maximum Gasteiger partial charge on any atom is 0.305 e. The maximum atomic E-state index is 11.0. The van der Waals surface area contributed by atoms with Gasteiger partial charge in [0.2, 0.25) is 0 Å². The molecular weight excluding hydrogens is 218 g/mol. The van der Waals surface area contributed by atoms with Crippen molar-refractivity contribution in [2.24, 2.45) is 5.73 Å². The van der Waals surface area contributed by atoms with Gasteiger partial charge in [0.25, 0.3) is 0 Å². The molecule has 0 amide bonds. The Morgan fingerprint density at radius 1 is 1.41 bits per heavy atom. The van der Waals surface area contributed by atoms with Crippen molar-refractivity contribution in [2.45, 2.75) is 31.9 Å². The number of benzene rings is 1. The van der Waals surface area contributed by atoms with Crippen LogP contribution in [0.25, 0.3) is 0 Å². The smallest absolute Gasteiger partial charge is 0.305 e. The average molecular weight is 237 g/mol. The Kier molecular flexibility index (Phi) is 5.12. The van der Waals surface area contributed by atoms with Gasteiger partial charge in [-0.15, -0.1) is 0 Å². The molecule has 94 valence electrons. The van der Waals surface area contributed by atoms with E-state index >= 15 is 0 Å². The van der Waals surface area contributed by atoms with Crippen LogP contribution in [0.3, 0.4) is 0 Å². The number of rotatable bonds is 5. The monoisotopic (exact) mass is 237 g/mol. The van der Waals surface area contributed by atoms with E-state index in [0.29, 0.717) is 6.42 Å². The molecule has 0 spiro atoms. The fourth-order valence-corrected chi connectivity index (χ4v) is 1.56. The highest BCUT2D eigenvalue weighted by Crippen LogP contribution is 2.19. The summed E-state index contributed by atoms with van der Waals surface area (Å²) in [6.45, 7) is 1.98. The van der Waals surface area contributed by atoms with Gasteiger partial charge in [0.15, 0.2) is 0 Å². The predicted molar refractivity (Wildman–Crippen MR) is 65.4 cm³/mol. The fourth-order valence-electron chi connectivity index (χ4n) is 1.56. The van der Waals surface area contributed by atoms with E-state index in [4.69, 9.17) is 5.73 Å². The first kappa shape index (κ1) is 13.7. The molecule has 2 atom stereocenters. The first-order chi connectivity index (χ1) is 8.04. The number of carbonyl (C=O) groups excluding carboxylic acids is 1. The molecule has 3 N–H and O–H groups in total. The van der Waals surface area contributed by atoms with Gasteiger partial charge < -0.3 is 15.6 Å². The molecule has 4 heteroatoms. The molecule has 2 unspecified atom stereocenters. The molecule has 17 heavy (non-hydrogen) atoms. The lowest BCUT2D eigenvalue weighted by atomic mass is 9.98. The van der Waals surface area contributed by atoms with E-state index in [1.165, 1.54) is 7.11 Å². The molecule has 0 saturated heterocycles. The van der Waals surface area contributed by atoms with Gasteiger partial charge in [-0.1, -0.05) is 29.8 Å². The van der Waals surface area contributed by atoms with Crippen molar-refractivity contribution in [3.63, 3.8) is 0 Å². The van der Waals surface area contributed by atoms with Crippen LogP contribution in [-0.4, -0.2) is 24.2 Å². The summed E-state index contributed by atoms with van der Waals surface area (Å²) in [6.07, 6.45) is -0.122. The first-order valence-electron chi connectivity index (χ1n) is 5.61. The number of esters is 1. The number of aliphatic hydroxyl groups excluding tert-OH is 1. The molecule has 0 radical (unpaired) electrons. The maximum absolute atomic E-state index is 11.0. The lowest BCUT2D eigenvalue weighted by Gasteiger charge is -2.18. The summed E-state index contributed by atoms with van der Waals surface area (Å²) in [5.74, 6) is -0.309. The second-order valence-corrected chi connectivity index (χ2v) is 4.13. The number of hydrogen-bond donors (Lipinski definition) is 2. The third-order valence-corrected chi connectivity index (χ3v) is 2.73. The number of nitrogens with two attached hydrogens (primary N) is 1. The van der Waals surface area contributed by atoms with Gasteiger partial charge in [-0.25, -0.2) is 0 Å². The van der Waals surface area contributed by atoms with Crippen LogP contribution in [0, 0.1) is 6.92 Å². The summed E-state index contributed by atoms with van der Waals surface area (Å²) in [7, 11) is 1.34. The van der Waals surface area contributed by atoms with E-state index in [1.807, 2.05) is 31.2 Å². The number of hydrogen-bond acceptors (Lipinski definition) is 4. The summed E-state index contributed by atoms with van der Waals surface area (Å²) in [4.78, 5) is 11.0. The third kappa shape index (κ3) is 4.17. The van der Waals surface area contributed by atoms with Gasteiger partial charge in [-0.05, 0) is 18.9 Å². The summed E-state index contributed by atoms with van der Waals surface area (Å²) < 4.78 is 4.53. The number of aryl methyl sites for hydroxylation is 1. The summed E-state index contributed by atoms with van der Waals surface area (Å²) in [5.41, 5.74) is 7.73. The van der Waals surface area contributed by atoms with Crippen LogP contribution in [0.2, 0.25) is 0 Å². The van der Waals surface area contributed by atoms with E-state index < -0.39 is 12.1 Å². The Balaban J connectivity index is 2.54. The van der Waals surface area contributed by atoms with E-state index in [2.05, 4.69) is 4.74 Å². The quantitative estimate of drug-likeness (QED) is 0.757. The van der Waals surface area contributed by atoms with Gasteiger partial charge in [0.1, 0.15) is 0 Å². The van der Waals surface area contributed by atoms with E-state index in [9.17, 15) is 9.90 Å². The molecule has 1 aromatic carbocycles. The van der Waals surface area contributed by atoms with Gasteiger partial charge in [0.05, 0.1) is 13.2 Å². The first-order valence-corrected chi connectivity index (χ1v) is 5.61. The molecule has 0 aromatic heterocycles. The van der Waals surface area contributed by atoms with Crippen LogP contribution in [-0.2, 0) is 9.53 Å². The molecular formula is C13H19NO3. The number of aliphatic hydroxyl groups is 1. The molecule has 1 rings (SSSR count). The zero-order valence-corrected chi connectivity index (χ0v) is 10.2. The molecule has 0 aliphatic rings. The van der Waals surface area contributed by atoms with E-state index in [0.717, 1.165) is 11.1 Å². The highest BCUT2D eigenvalue weighted by Gasteiger charge is 2.17. The van der Waals surface area contributed by atoms with Crippen molar-refractivity contribution in [1.82, 2.24) is 0 Å². The predicted octanol–water partition coefficient (Wildman–Crippen LogP) is 1.31. The summed E-state index contributed by atoms with van der Waals surface area (Å²) >= 11 is 0. The highest BCUT2D eigenvalue weighted by molar-refractivity contribution is 5.69. The zero-order chi connectivity index (χ0) is 12.8. The molecule has 0 aliphatic carbocycles. The van der Waals surface area contributed by atoms with Gasteiger partial charge in [-0.3, -0.25) is 4.79 Å². The molecule has 1 aromatic rings. The van der Waals surface area contributed by atoms with Gasteiger partial charge in [-0.2, -0.15) is 0 Å². The Morgan fingerprint density at radius 3 is 2.53 bits per heavy atom. The van der Waals surface area contributed by atoms with E-state index in [1.54, 1.807) is 0 Å². The minimum absolute atomic E-state index is 0.223. The number of ether oxygens (including phenoxy) is 1.